The van der Waals surface area contributed by atoms with Gasteiger partial charge in [0, 0.05) is 0 Å². The van der Waals surface area contributed by atoms with Gasteiger partial charge in [-0.05, 0) is 19.3 Å². The molecule has 0 aromatic rings. The molecule has 3 amide bonds. The molecule has 0 spiro atoms. The number of carbonyl (C=O) groups excluding carboxylic acids is 3. The number of rotatable bonds is 11. The van der Waals surface area contributed by atoms with Gasteiger partial charge in [-0.25, -0.2) is 4.79 Å². The summed E-state index contributed by atoms with van der Waals surface area (Å²) in [4.78, 5) is 47.0. The summed E-state index contributed by atoms with van der Waals surface area (Å²) < 4.78 is 0. The molecule has 4 unspecified atom stereocenters. The Hall–Kier alpha value is -2.24. The Kier molecular flexibility index (Phi) is 10.4. The van der Waals surface area contributed by atoms with Crippen molar-refractivity contribution in [2.75, 3.05) is 13.2 Å². The van der Waals surface area contributed by atoms with Crippen molar-refractivity contribution in [3.63, 3.8) is 0 Å². The third kappa shape index (κ3) is 8.23. The van der Waals surface area contributed by atoms with E-state index in [0.29, 0.717) is 0 Å². The van der Waals surface area contributed by atoms with E-state index < -0.39 is 61.1 Å². The molecule has 0 saturated carbocycles. The summed E-state index contributed by atoms with van der Waals surface area (Å²) in [7, 11) is 0. The Balaban J connectivity index is 5.12. The number of aliphatic hydroxyl groups excluding tert-OH is 2. The summed E-state index contributed by atoms with van der Waals surface area (Å²) in [5.74, 6) is -3.74. The van der Waals surface area contributed by atoms with E-state index in [-0.39, 0.29) is 12.3 Å². The average Bonchev–Trinajstić information content (AvgIpc) is 2.55. The lowest BCUT2D eigenvalue weighted by atomic mass is 10.0. The topological polar surface area (TPSA) is 191 Å². The third-order valence-corrected chi connectivity index (χ3v) is 3.37. The number of nitrogens with one attached hydrogen (secondary N) is 3. The number of nitrogens with two attached hydrogens (primary N) is 1. The first-order chi connectivity index (χ1) is 12.0. The Bertz CT molecular complexity index is 510. The third-order valence-electron chi connectivity index (χ3n) is 3.37. The van der Waals surface area contributed by atoms with Crippen molar-refractivity contribution in [3.8, 4) is 0 Å². The molecular weight excluding hydrogens is 348 g/mol. The van der Waals surface area contributed by atoms with Crippen molar-refractivity contribution < 1.29 is 34.5 Å². The van der Waals surface area contributed by atoms with Crippen molar-refractivity contribution in [2.24, 2.45) is 11.7 Å². The van der Waals surface area contributed by atoms with E-state index in [2.05, 4.69) is 16.0 Å². The minimum atomic E-state index is -1.51. The second kappa shape index (κ2) is 11.4. The van der Waals surface area contributed by atoms with Gasteiger partial charge in [0.05, 0.1) is 19.3 Å². The van der Waals surface area contributed by atoms with Crippen molar-refractivity contribution in [3.05, 3.63) is 0 Å². The zero-order chi connectivity index (χ0) is 20.4. The molecule has 0 aliphatic heterocycles. The van der Waals surface area contributed by atoms with E-state index in [0.717, 1.165) is 0 Å². The molecule has 0 fully saturated rings. The molecule has 0 aromatic heterocycles. The van der Waals surface area contributed by atoms with Gasteiger partial charge in [-0.2, -0.15) is 0 Å². The average molecular weight is 376 g/mol. The first kappa shape index (κ1) is 23.8. The second-order valence-corrected chi connectivity index (χ2v) is 6.31. The number of carboxylic acid groups (broad SMARTS) is 1. The van der Waals surface area contributed by atoms with Gasteiger partial charge in [-0.3, -0.25) is 14.4 Å². The summed E-state index contributed by atoms with van der Waals surface area (Å²) in [5.41, 5.74) is 5.38. The lowest BCUT2D eigenvalue weighted by Gasteiger charge is -2.24. The fraction of sp³-hybridized carbons (Fsp3) is 0.733. The first-order valence-corrected chi connectivity index (χ1v) is 8.14. The van der Waals surface area contributed by atoms with Crippen LogP contribution in [0.5, 0.6) is 0 Å². The van der Waals surface area contributed by atoms with Crippen LogP contribution in [0.1, 0.15) is 27.2 Å². The number of aliphatic carboxylic acids is 1. The standard InChI is InChI=1S/C15H28N4O7/c1-7(2)4-9(13(23)19-11(6-21)15(25)26)17-14(24)10(5-20)18-12(22)8(3)16/h7-11,20-21H,4-6,16H2,1-3H3,(H,17,24)(H,18,22)(H,19,23)(H,25,26). The van der Waals surface area contributed by atoms with Crippen LogP contribution in [0.15, 0.2) is 0 Å². The molecule has 0 aliphatic carbocycles. The van der Waals surface area contributed by atoms with Crippen LogP contribution < -0.4 is 21.7 Å². The predicted octanol–water partition coefficient (Wildman–Crippen LogP) is -3.10. The number of carboxylic acids is 1. The highest BCUT2D eigenvalue weighted by Gasteiger charge is 2.29. The molecule has 0 saturated heterocycles. The molecular formula is C15H28N4O7. The van der Waals surface area contributed by atoms with E-state index >= 15 is 0 Å². The summed E-state index contributed by atoms with van der Waals surface area (Å²) in [5, 5.41) is 33.9. The molecule has 8 N–H and O–H groups in total. The highest BCUT2D eigenvalue weighted by atomic mass is 16.4. The first-order valence-electron chi connectivity index (χ1n) is 8.14. The van der Waals surface area contributed by atoms with Crippen LogP contribution in [0.25, 0.3) is 0 Å². The SMILES string of the molecule is CC(C)CC(NC(=O)C(CO)NC(=O)C(C)N)C(=O)NC(CO)C(=O)O. The molecule has 0 aromatic carbocycles. The van der Waals surface area contributed by atoms with Crippen LogP contribution in [0.2, 0.25) is 0 Å². The molecule has 0 rings (SSSR count). The van der Waals surface area contributed by atoms with E-state index in [1.165, 1.54) is 6.92 Å². The van der Waals surface area contributed by atoms with Gasteiger partial charge in [-0.1, -0.05) is 13.8 Å². The van der Waals surface area contributed by atoms with Crippen LogP contribution in [0.3, 0.4) is 0 Å². The number of hydrogen-bond donors (Lipinski definition) is 7. The van der Waals surface area contributed by atoms with Crippen molar-refractivity contribution in [1.29, 1.82) is 0 Å². The number of aliphatic hydroxyl groups is 2. The molecule has 150 valence electrons. The molecule has 26 heavy (non-hydrogen) atoms. The number of amides is 3. The Morgan fingerprint density at radius 3 is 1.62 bits per heavy atom. The van der Waals surface area contributed by atoms with Crippen LogP contribution in [0, 0.1) is 5.92 Å². The van der Waals surface area contributed by atoms with E-state index in [1.807, 2.05) is 0 Å². The maximum atomic E-state index is 12.3. The van der Waals surface area contributed by atoms with E-state index in [4.69, 9.17) is 15.9 Å². The molecule has 0 aliphatic rings. The van der Waals surface area contributed by atoms with Crippen LogP contribution >= 0.6 is 0 Å². The van der Waals surface area contributed by atoms with Gasteiger partial charge in [0.1, 0.15) is 18.1 Å². The summed E-state index contributed by atoms with van der Waals surface area (Å²) in [6.45, 7) is 3.45. The van der Waals surface area contributed by atoms with Gasteiger partial charge in [0.25, 0.3) is 0 Å². The highest BCUT2D eigenvalue weighted by Crippen LogP contribution is 2.06. The predicted molar refractivity (Wildman–Crippen MR) is 90.7 cm³/mol. The van der Waals surface area contributed by atoms with Gasteiger partial charge >= 0.3 is 5.97 Å². The molecule has 4 atom stereocenters. The summed E-state index contributed by atoms with van der Waals surface area (Å²) >= 11 is 0. The zero-order valence-electron chi connectivity index (χ0n) is 15.1. The molecule has 11 heteroatoms. The summed E-state index contributed by atoms with van der Waals surface area (Å²) in [6.07, 6.45) is 0.175. The van der Waals surface area contributed by atoms with Gasteiger partial charge in [-0.15, -0.1) is 0 Å². The second-order valence-electron chi connectivity index (χ2n) is 6.31. The quantitative estimate of drug-likeness (QED) is 0.197. The smallest absolute Gasteiger partial charge is 0.328 e. The van der Waals surface area contributed by atoms with Crippen LogP contribution in [-0.2, 0) is 19.2 Å². The Morgan fingerprint density at radius 1 is 0.808 bits per heavy atom. The minimum Gasteiger partial charge on any atom is -0.480 e. The van der Waals surface area contributed by atoms with Crippen LogP contribution in [-0.4, -0.2) is 76.4 Å². The molecule has 11 nitrogen and oxygen atoms in total. The van der Waals surface area contributed by atoms with Crippen molar-refractivity contribution >= 4 is 23.7 Å². The Labute approximate surface area is 151 Å². The lowest BCUT2D eigenvalue weighted by molar-refractivity contribution is -0.143. The van der Waals surface area contributed by atoms with Gasteiger partial charge in [0.2, 0.25) is 17.7 Å². The zero-order valence-corrected chi connectivity index (χ0v) is 15.1. The summed E-state index contributed by atoms with van der Waals surface area (Å²) in [6, 6.07) is -4.84. The monoisotopic (exact) mass is 376 g/mol. The van der Waals surface area contributed by atoms with E-state index in [9.17, 15) is 24.3 Å². The van der Waals surface area contributed by atoms with Gasteiger partial charge < -0.3 is 37.0 Å². The maximum Gasteiger partial charge on any atom is 0.328 e. The fourth-order valence-corrected chi connectivity index (χ4v) is 1.93. The molecule has 0 radical (unpaired) electrons. The molecule has 0 bridgehead atoms. The number of hydrogen-bond acceptors (Lipinski definition) is 7. The number of carbonyl (C=O) groups is 4. The highest BCUT2D eigenvalue weighted by molar-refractivity contribution is 5.94. The van der Waals surface area contributed by atoms with Crippen LogP contribution in [0.4, 0.5) is 0 Å². The van der Waals surface area contributed by atoms with Gasteiger partial charge in [0.15, 0.2) is 0 Å². The van der Waals surface area contributed by atoms with Crippen molar-refractivity contribution in [1.82, 2.24) is 16.0 Å². The normalized spacial score (nSPS) is 15.5. The lowest BCUT2D eigenvalue weighted by Crippen LogP contribution is -2.58. The van der Waals surface area contributed by atoms with Crippen molar-refractivity contribution in [2.45, 2.75) is 51.4 Å². The molecule has 0 heterocycles. The van der Waals surface area contributed by atoms with E-state index in [1.54, 1.807) is 13.8 Å². The maximum absolute atomic E-state index is 12.3. The minimum absolute atomic E-state index is 0.0327. The largest absolute Gasteiger partial charge is 0.480 e. The fourth-order valence-electron chi connectivity index (χ4n) is 1.93. The Morgan fingerprint density at radius 2 is 1.23 bits per heavy atom.